The largest absolute Gasteiger partial charge is 0.492 e. The molecule has 2 N–H and O–H groups in total. The van der Waals surface area contributed by atoms with E-state index >= 15 is 0 Å². The first-order valence-corrected chi connectivity index (χ1v) is 5.98. The maximum Gasteiger partial charge on any atom is 0.177 e. The Hall–Kier alpha value is -2.36. The molecule has 1 atom stereocenters. The smallest absolute Gasteiger partial charge is 0.177 e. The Kier molecular flexibility index (Phi) is 2.71. The lowest BCUT2D eigenvalue weighted by Crippen LogP contribution is -2.26. The van der Waals surface area contributed by atoms with Crippen LogP contribution in [0.25, 0.3) is 0 Å². The number of para-hydroxylation sites is 1. The zero-order valence-electron chi connectivity index (χ0n) is 10.1. The molecular formula is C15H12FNO2. The molecular weight excluding hydrogens is 245 g/mol. The number of carbonyl (C=O) groups excluding carboxylic acids is 1. The highest BCUT2D eigenvalue weighted by molar-refractivity contribution is 6.04. The Morgan fingerprint density at radius 1 is 1.21 bits per heavy atom. The van der Waals surface area contributed by atoms with E-state index < -0.39 is 11.7 Å². The first-order valence-electron chi connectivity index (χ1n) is 5.98. The summed E-state index contributed by atoms with van der Waals surface area (Å²) in [6.07, 6.45) is 0. The van der Waals surface area contributed by atoms with E-state index in [9.17, 15) is 9.18 Å². The number of fused-ring (bicyclic) bond motifs is 1. The fourth-order valence-corrected chi connectivity index (χ4v) is 2.29. The molecule has 96 valence electrons. The molecule has 1 unspecified atom stereocenters. The van der Waals surface area contributed by atoms with Gasteiger partial charge < -0.3 is 10.5 Å². The van der Waals surface area contributed by atoms with Crippen LogP contribution in [0.15, 0.2) is 42.5 Å². The van der Waals surface area contributed by atoms with Crippen molar-refractivity contribution in [2.45, 2.75) is 5.92 Å². The summed E-state index contributed by atoms with van der Waals surface area (Å²) in [6, 6.07) is 11.4. The van der Waals surface area contributed by atoms with E-state index in [0.717, 1.165) is 0 Å². The Morgan fingerprint density at radius 2 is 2.00 bits per heavy atom. The molecule has 2 aromatic rings. The van der Waals surface area contributed by atoms with Gasteiger partial charge in [-0.25, -0.2) is 4.39 Å². The fourth-order valence-electron chi connectivity index (χ4n) is 2.29. The lowest BCUT2D eigenvalue weighted by atomic mass is 9.88. The molecule has 3 nitrogen and oxygen atoms in total. The van der Waals surface area contributed by atoms with Crippen LogP contribution in [-0.4, -0.2) is 12.4 Å². The first-order chi connectivity index (χ1) is 9.16. The average molecular weight is 257 g/mol. The van der Waals surface area contributed by atoms with Crippen molar-refractivity contribution in [3.05, 3.63) is 59.4 Å². The van der Waals surface area contributed by atoms with Gasteiger partial charge in [-0.15, -0.1) is 0 Å². The molecule has 0 saturated heterocycles. The molecule has 1 aliphatic heterocycles. The van der Waals surface area contributed by atoms with E-state index in [2.05, 4.69) is 0 Å². The van der Waals surface area contributed by atoms with Crippen molar-refractivity contribution < 1.29 is 13.9 Å². The Labute approximate surface area is 109 Å². The lowest BCUT2D eigenvalue weighted by Gasteiger charge is -2.24. The van der Waals surface area contributed by atoms with Crippen LogP contribution >= 0.6 is 0 Å². The van der Waals surface area contributed by atoms with Gasteiger partial charge in [-0.05, 0) is 24.3 Å². The second-order valence-corrected chi connectivity index (χ2v) is 4.50. The molecule has 0 bridgehead atoms. The van der Waals surface area contributed by atoms with Crippen molar-refractivity contribution >= 4 is 11.5 Å². The number of nitrogens with two attached hydrogens (primary N) is 1. The van der Waals surface area contributed by atoms with Gasteiger partial charge in [-0.3, -0.25) is 4.79 Å². The summed E-state index contributed by atoms with van der Waals surface area (Å²) in [5.74, 6) is -0.651. The minimum atomic E-state index is -0.615. The number of hydrogen-bond donors (Lipinski definition) is 1. The molecule has 0 saturated carbocycles. The van der Waals surface area contributed by atoms with Gasteiger partial charge in [-0.2, -0.15) is 0 Å². The average Bonchev–Trinajstić information content (AvgIpc) is 2.41. The molecule has 0 spiro atoms. The van der Waals surface area contributed by atoms with Gasteiger partial charge in [0.25, 0.3) is 0 Å². The topological polar surface area (TPSA) is 52.3 Å². The number of ketones is 1. The van der Waals surface area contributed by atoms with E-state index in [1.54, 1.807) is 36.4 Å². The molecule has 0 amide bonds. The third kappa shape index (κ3) is 1.95. The summed E-state index contributed by atoms with van der Waals surface area (Å²) in [5.41, 5.74) is 6.67. The first kappa shape index (κ1) is 11.7. The van der Waals surface area contributed by atoms with Crippen molar-refractivity contribution in [2.24, 2.45) is 0 Å². The standard InChI is InChI=1S/C15H12FNO2/c16-13-7-9(17)5-6-10(13)12-8-19-14-4-2-1-3-11(14)15(12)18/h1-7,12H,8,17H2. The third-order valence-electron chi connectivity index (χ3n) is 3.27. The van der Waals surface area contributed by atoms with Gasteiger partial charge in [0.15, 0.2) is 5.78 Å². The second kappa shape index (κ2) is 4.39. The molecule has 1 aliphatic rings. The number of benzene rings is 2. The van der Waals surface area contributed by atoms with Crippen LogP contribution in [0.3, 0.4) is 0 Å². The molecule has 3 rings (SSSR count). The van der Waals surface area contributed by atoms with Crippen molar-refractivity contribution in [1.82, 2.24) is 0 Å². The van der Waals surface area contributed by atoms with Crippen LogP contribution < -0.4 is 10.5 Å². The number of ether oxygens (including phenoxy) is 1. The summed E-state index contributed by atoms with van der Waals surface area (Å²) in [6.45, 7) is 0.149. The maximum atomic E-state index is 13.9. The summed E-state index contributed by atoms with van der Waals surface area (Å²) >= 11 is 0. The predicted octanol–water partition coefficient (Wildman–Crippen LogP) is 2.77. The summed E-state index contributed by atoms with van der Waals surface area (Å²) in [5, 5.41) is 0. The van der Waals surface area contributed by atoms with Crippen LogP contribution in [0.2, 0.25) is 0 Å². The second-order valence-electron chi connectivity index (χ2n) is 4.50. The minimum absolute atomic E-state index is 0.120. The summed E-state index contributed by atoms with van der Waals surface area (Å²) in [7, 11) is 0. The van der Waals surface area contributed by atoms with Crippen LogP contribution in [0.4, 0.5) is 10.1 Å². The number of halogens is 1. The van der Waals surface area contributed by atoms with E-state index in [1.807, 2.05) is 0 Å². The van der Waals surface area contributed by atoms with Gasteiger partial charge >= 0.3 is 0 Å². The van der Waals surface area contributed by atoms with Crippen LogP contribution in [0, 0.1) is 5.82 Å². The zero-order valence-corrected chi connectivity index (χ0v) is 10.1. The fraction of sp³-hybridized carbons (Fsp3) is 0.133. The highest BCUT2D eigenvalue weighted by Crippen LogP contribution is 2.33. The molecule has 0 fully saturated rings. The number of carbonyl (C=O) groups is 1. The number of nitrogen functional groups attached to an aromatic ring is 1. The molecule has 0 aromatic heterocycles. The molecule has 1 heterocycles. The maximum absolute atomic E-state index is 13.9. The SMILES string of the molecule is Nc1ccc(C2COc3ccccc3C2=O)c(F)c1. The summed E-state index contributed by atoms with van der Waals surface area (Å²) < 4.78 is 19.4. The summed E-state index contributed by atoms with van der Waals surface area (Å²) in [4.78, 5) is 12.4. The van der Waals surface area contributed by atoms with E-state index in [4.69, 9.17) is 10.5 Å². The monoisotopic (exact) mass is 257 g/mol. The van der Waals surface area contributed by atoms with Crippen LogP contribution in [0.1, 0.15) is 21.8 Å². The van der Waals surface area contributed by atoms with Crippen molar-refractivity contribution in [3.8, 4) is 5.75 Å². The zero-order chi connectivity index (χ0) is 13.4. The highest BCUT2D eigenvalue weighted by atomic mass is 19.1. The molecule has 0 radical (unpaired) electrons. The van der Waals surface area contributed by atoms with Crippen molar-refractivity contribution in [3.63, 3.8) is 0 Å². The van der Waals surface area contributed by atoms with Gasteiger partial charge in [-0.1, -0.05) is 18.2 Å². The number of anilines is 1. The van der Waals surface area contributed by atoms with E-state index in [0.29, 0.717) is 22.6 Å². The van der Waals surface area contributed by atoms with E-state index in [-0.39, 0.29) is 12.4 Å². The number of hydrogen-bond acceptors (Lipinski definition) is 3. The van der Waals surface area contributed by atoms with Crippen LogP contribution in [-0.2, 0) is 0 Å². The lowest BCUT2D eigenvalue weighted by molar-refractivity contribution is 0.0893. The highest BCUT2D eigenvalue weighted by Gasteiger charge is 2.31. The molecule has 2 aromatic carbocycles. The van der Waals surface area contributed by atoms with Crippen molar-refractivity contribution in [1.29, 1.82) is 0 Å². The molecule has 0 aliphatic carbocycles. The van der Waals surface area contributed by atoms with Gasteiger partial charge in [0.05, 0.1) is 11.5 Å². The predicted molar refractivity (Wildman–Crippen MR) is 69.8 cm³/mol. The quantitative estimate of drug-likeness (QED) is 0.799. The number of rotatable bonds is 1. The normalized spacial score (nSPS) is 17.7. The van der Waals surface area contributed by atoms with Crippen molar-refractivity contribution in [2.75, 3.05) is 12.3 Å². The molecule has 19 heavy (non-hydrogen) atoms. The van der Waals surface area contributed by atoms with Crippen LogP contribution in [0.5, 0.6) is 5.75 Å². The Bertz CT molecular complexity index is 654. The number of Topliss-reactive ketones (excluding diaryl/α,β-unsaturated/α-hetero) is 1. The Balaban J connectivity index is 2.02. The van der Waals surface area contributed by atoms with Gasteiger partial charge in [0, 0.05) is 11.3 Å². The Morgan fingerprint density at radius 3 is 2.79 bits per heavy atom. The third-order valence-corrected chi connectivity index (χ3v) is 3.27. The van der Waals surface area contributed by atoms with Gasteiger partial charge in [0.2, 0.25) is 0 Å². The van der Waals surface area contributed by atoms with Gasteiger partial charge in [0.1, 0.15) is 18.2 Å². The minimum Gasteiger partial charge on any atom is -0.492 e. The van der Waals surface area contributed by atoms with E-state index in [1.165, 1.54) is 6.07 Å². The molecule has 4 heteroatoms.